The van der Waals surface area contributed by atoms with Crippen molar-refractivity contribution >= 4 is 16.6 Å². The molecule has 0 bridgehead atoms. The number of aromatic nitrogens is 1. The molecule has 1 aliphatic carbocycles. The van der Waals surface area contributed by atoms with E-state index in [9.17, 15) is 0 Å². The molecule has 3 rings (SSSR count). The molecule has 1 aromatic heterocycles. The molecule has 0 radical (unpaired) electrons. The topological polar surface area (TPSA) is 30.9 Å². The highest BCUT2D eigenvalue weighted by Gasteiger charge is 2.18. The van der Waals surface area contributed by atoms with E-state index >= 15 is 0 Å². The van der Waals surface area contributed by atoms with Crippen molar-refractivity contribution in [1.29, 1.82) is 0 Å². The first-order valence-electron chi connectivity index (χ1n) is 5.71. The van der Waals surface area contributed by atoms with Crippen LogP contribution in [0.1, 0.15) is 31.7 Å². The summed E-state index contributed by atoms with van der Waals surface area (Å²) in [4.78, 5) is 0. The third kappa shape index (κ3) is 1.32. The molecule has 1 heterocycles. The van der Waals surface area contributed by atoms with Crippen LogP contribution < -0.4 is 5.73 Å². The molecule has 0 saturated heterocycles. The molecular weight excluding hydrogens is 184 g/mol. The molecule has 2 N–H and O–H groups in total. The van der Waals surface area contributed by atoms with Crippen LogP contribution in [-0.2, 0) is 0 Å². The Balaban J connectivity index is 2.18. The Morgan fingerprint density at radius 2 is 1.93 bits per heavy atom. The van der Waals surface area contributed by atoms with Crippen LogP contribution in [0.15, 0.2) is 30.5 Å². The number of anilines is 1. The number of para-hydroxylation sites is 1. The summed E-state index contributed by atoms with van der Waals surface area (Å²) in [7, 11) is 0. The molecule has 2 aromatic rings. The van der Waals surface area contributed by atoms with Crippen molar-refractivity contribution in [1.82, 2.24) is 4.57 Å². The van der Waals surface area contributed by atoms with Gasteiger partial charge >= 0.3 is 0 Å². The number of nitrogens with zero attached hydrogens (tertiary/aromatic N) is 1. The summed E-state index contributed by atoms with van der Waals surface area (Å²) in [5.74, 6) is 0. The first-order valence-corrected chi connectivity index (χ1v) is 5.71. The first kappa shape index (κ1) is 8.84. The minimum Gasteiger partial charge on any atom is -0.397 e. The highest BCUT2D eigenvalue weighted by atomic mass is 15.0. The average molecular weight is 200 g/mol. The largest absolute Gasteiger partial charge is 0.397 e. The lowest BCUT2D eigenvalue weighted by atomic mass is 10.2. The fourth-order valence-electron chi connectivity index (χ4n) is 2.73. The summed E-state index contributed by atoms with van der Waals surface area (Å²) in [5, 5.41) is 1.27. The monoisotopic (exact) mass is 200 g/mol. The second-order valence-corrected chi connectivity index (χ2v) is 4.45. The molecule has 0 unspecified atom stereocenters. The maximum atomic E-state index is 6.05. The molecule has 0 spiro atoms. The van der Waals surface area contributed by atoms with E-state index < -0.39 is 0 Å². The zero-order chi connectivity index (χ0) is 10.3. The molecular formula is C13H16N2. The standard InChI is InChI=1S/C13H16N2/c14-12-7-3-4-10-8-9-15(13(10)12)11-5-1-2-6-11/h3-4,7-9,11H,1-2,5-6,14H2. The molecule has 0 aliphatic heterocycles. The third-order valence-corrected chi connectivity index (χ3v) is 3.49. The van der Waals surface area contributed by atoms with Gasteiger partial charge in [-0.1, -0.05) is 25.0 Å². The van der Waals surface area contributed by atoms with Gasteiger partial charge in [-0.3, -0.25) is 0 Å². The van der Waals surface area contributed by atoms with E-state index in [1.807, 2.05) is 12.1 Å². The van der Waals surface area contributed by atoms with E-state index in [1.165, 1.54) is 36.6 Å². The quantitative estimate of drug-likeness (QED) is 0.703. The van der Waals surface area contributed by atoms with Crippen LogP contribution in [0.25, 0.3) is 10.9 Å². The normalized spacial score (nSPS) is 17.6. The number of rotatable bonds is 1. The summed E-state index contributed by atoms with van der Waals surface area (Å²) in [6.07, 6.45) is 7.52. The van der Waals surface area contributed by atoms with Crippen molar-refractivity contribution in [3.63, 3.8) is 0 Å². The van der Waals surface area contributed by atoms with Gasteiger partial charge in [0.25, 0.3) is 0 Å². The van der Waals surface area contributed by atoms with Gasteiger partial charge in [-0.25, -0.2) is 0 Å². The smallest absolute Gasteiger partial charge is 0.0716 e. The van der Waals surface area contributed by atoms with E-state index in [2.05, 4.69) is 22.9 Å². The van der Waals surface area contributed by atoms with Gasteiger partial charge in [-0.05, 0) is 25.0 Å². The Hall–Kier alpha value is -1.44. The van der Waals surface area contributed by atoms with E-state index in [0.717, 1.165) is 5.69 Å². The third-order valence-electron chi connectivity index (χ3n) is 3.49. The lowest BCUT2D eigenvalue weighted by Crippen LogP contribution is -2.04. The number of nitrogen functional groups attached to an aromatic ring is 1. The van der Waals surface area contributed by atoms with Gasteiger partial charge in [0.15, 0.2) is 0 Å². The maximum absolute atomic E-state index is 6.05. The summed E-state index contributed by atoms with van der Waals surface area (Å²) in [6, 6.07) is 9.00. The van der Waals surface area contributed by atoms with Crippen LogP contribution in [-0.4, -0.2) is 4.57 Å². The predicted octanol–water partition coefficient (Wildman–Crippen LogP) is 3.34. The highest BCUT2D eigenvalue weighted by molar-refractivity contribution is 5.90. The number of hydrogen-bond donors (Lipinski definition) is 1. The Labute approximate surface area is 89.7 Å². The molecule has 2 nitrogen and oxygen atoms in total. The van der Waals surface area contributed by atoms with E-state index in [-0.39, 0.29) is 0 Å². The number of hydrogen-bond acceptors (Lipinski definition) is 1. The SMILES string of the molecule is Nc1cccc2ccn(C3CCCC3)c12. The minimum atomic E-state index is 0.673. The van der Waals surface area contributed by atoms with Crippen molar-refractivity contribution in [2.75, 3.05) is 5.73 Å². The van der Waals surface area contributed by atoms with Crippen LogP contribution in [0, 0.1) is 0 Å². The molecule has 2 heteroatoms. The molecule has 78 valence electrons. The van der Waals surface area contributed by atoms with Gasteiger partial charge in [-0.2, -0.15) is 0 Å². The van der Waals surface area contributed by atoms with E-state index in [1.54, 1.807) is 0 Å². The van der Waals surface area contributed by atoms with Gasteiger partial charge in [0.1, 0.15) is 0 Å². The summed E-state index contributed by atoms with van der Waals surface area (Å²) >= 11 is 0. The van der Waals surface area contributed by atoms with Crippen LogP contribution in [0.4, 0.5) is 5.69 Å². The van der Waals surface area contributed by atoms with Crippen LogP contribution >= 0.6 is 0 Å². The Bertz CT molecular complexity index is 478. The Morgan fingerprint density at radius 1 is 1.13 bits per heavy atom. The van der Waals surface area contributed by atoms with Crippen molar-refractivity contribution in [2.24, 2.45) is 0 Å². The van der Waals surface area contributed by atoms with Crippen LogP contribution in [0.5, 0.6) is 0 Å². The summed E-state index contributed by atoms with van der Waals surface area (Å²) in [6.45, 7) is 0. The summed E-state index contributed by atoms with van der Waals surface area (Å²) < 4.78 is 2.37. The lowest BCUT2D eigenvalue weighted by molar-refractivity contribution is 0.536. The van der Waals surface area contributed by atoms with Crippen molar-refractivity contribution < 1.29 is 0 Å². The molecule has 15 heavy (non-hydrogen) atoms. The molecule has 1 saturated carbocycles. The second-order valence-electron chi connectivity index (χ2n) is 4.45. The van der Waals surface area contributed by atoms with Crippen molar-refractivity contribution in [2.45, 2.75) is 31.7 Å². The molecule has 1 aliphatic rings. The first-order chi connectivity index (χ1) is 7.36. The van der Waals surface area contributed by atoms with Gasteiger partial charge in [0.05, 0.1) is 11.2 Å². The van der Waals surface area contributed by atoms with Crippen LogP contribution in [0.2, 0.25) is 0 Å². The number of nitrogens with two attached hydrogens (primary N) is 1. The van der Waals surface area contributed by atoms with Crippen molar-refractivity contribution in [3.8, 4) is 0 Å². The summed E-state index contributed by atoms with van der Waals surface area (Å²) in [5.41, 5.74) is 8.18. The molecule has 1 aromatic carbocycles. The average Bonchev–Trinajstić information content (AvgIpc) is 2.85. The molecule has 0 amide bonds. The highest BCUT2D eigenvalue weighted by Crippen LogP contribution is 2.34. The van der Waals surface area contributed by atoms with Crippen LogP contribution in [0.3, 0.4) is 0 Å². The van der Waals surface area contributed by atoms with E-state index in [4.69, 9.17) is 5.73 Å². The van der Waals surface area contributed by atoms with Gasteiger partial charge in [-0.15, -0.1) is 0 Å². The zero-order valence-electron chi connectivity index (χ0n) is 8.82. The Kier molecular flexibility index (Phi) is 1.94. The fourth-order valence-corrected chi connectivity index (χ4v) is 2.73. The number of fused-ring (bicyclic) bond motifs is 1. The number of benzene rings is 1. The minimum absolute atomic E-state index is 0.673. The zero-order valence-corrected chi connectivity index (χ0v) is 8.82. The molecule has 0 atom stereocenters. The van der Waals surface area contributed by atoms with Gasteiger partial charge in [0, 0.05) is 17.6 Å². The predicted molar refractivity (Wildman–Crippen MR) is 63.9 cm³/mol. The lowest BCUT2D eigenvalue weighted by Gasteiger charge is -2.14. The Morgan fingerprint density at radius 3 is 2.73 bits per heavy atom. The second kappa shape index (κ2) is 3.30. The molecule has 1 fully saturated rings. The fraction of sp³-hybridized carbons (Fsp3) is 0.385. The van der Waals surface area contributed by atoms with Gasteiger partial charge in [0.2, 0.25) is 0 Å². The van der Waals surface area contributed by atoms with Gasteiger partial charge < -0.3 is 10.3 Å². The van der Waals surface area contributed by atoms with E-state index in [0.29, 0.717) is 6.04 Å². The maximum Gasteiger partial charge on any atom is 0.0716 e. The van der Waals surface area contributed by atoms with Crippen molar-refractivity contribution in [3.05, 3.63) is 30.5 Å².